The van der Waals surface area contributed by atoms with E-state index in [0.29, 0.717) is 17.9 Å². The quantitative estimate of drug-likeness (QED) is 0.854. The van der Waals surface area contributed by atoms with E-state index in [0.717, 1.165) is 38.3 Å². The van der Waals surface area contributed by atoms with Crippen molar-refractivity contribution in [2.24, 2.45) is 23.5 Å². The summed E-state index contributed by atoms with van der Waals surface area (Å²) >= 11 is 0. The maximum Gasteiger partial charge on any atom is 0.225 e. The Bertz CT molecular complexity index is 297. The molecular weight excluding hydrogens is 236 g/mol. The van der Waals surface area contributed by atoms with Crippen LogP contribution in [0.1, 0.15) is 58.8 Å². The summed E-state index contributed by atoms with van der Waals surface area (Å²) in [5, 5.41) is 0. The van der Waals surface area contributed by atoms with Gasteiger partial charge in [-0.15, -0.1) is 0 Å². The van der Waals surface area contributed by atoms with Crippen LogP contribution in [0.5, 0.6) is 0 Å². The summed E-state index contributed by atoms with van der Waals surface area (Å²) in [7, 11) is 0. The Kier molecular flexibility index (Phi) is 5.26. The van der Waals surface area contributed by atoms with Crippen molar-refractivity contribution in [3.05, 3.63) is 0 Å². The lowest BCUT2D eigenvalue weighted by molar-refractivity contribution is -0.138. The van der Waals surface area contributed by atoms with Crippen LogP contribution < -0.4 is 5.73 Å². The first-order valence-corrected chi connectivity index (χ1v) is 8.16. The van der Waals surface area contributed by atoms with Crippen LogP contribution in [0, 0.1) is 17.8 Å². The summed E-state index contributed by atoms with van der Waals surface area (Å²) in [6.45, 7) is 6.42. The number of nitrogens with two attached hydrogens (primary N) is 1. The lowest BCUT2D eigenvalue weighted by atomic mass is 9.78. The lowest BCUT2D eigenvalue weighted by Crippen LogP contribution is -2.45. The molecule has 110 valence electrons. The standard InChI is InChI=1S/C16H30N2O/c1-3-4-13-7-9-18(10-8-13)16(19)14-5-6-15(17)12(2)11-14/h12-15H,3-11,17H2,1-2H3. The minimum absolute atomic E-state index is 0.248. The highest BCUT2D eigenvalue weighted by molar-refractivity contribution is 5.79. The number of piperidine rings is 1. The molecule has 0 bridgehead atoms. The van der Waals surface area contributed by atoms with Gasteiger partial charge in [0.25, 0.3) is 0 Å². The van der Waals surface area contributed by atoms with Gasteiger partial charge in [0.2, 0.25) is 5.91 Å². The molecule has 0 aromatic carbocycles. The average Bonchev–Trinajstić information content (AvgIpc) is 2.42. The van der Waals surface area contributed by atoms with E-state index in [9.17, 15) is 4.79 Å². The van der Waals surface area contributed by atoms with Gasteiger partial charge >= 0.3 is 0 Å². The Hall–Kier alpha value is -0.570. The van der Waals surface area contributed by atoms with Gasteiger partial charge in [0.05, 0.1) is 0 Å². The lowest BCUT2D eigenvalue weighted by Gasteiger charge is -2.37. The number of amides is 1. The van der Waals surface area contributed by atoms with E-state index in [1.165, 1.54) is 25.7 Å². The average molecular weight is 266 g/mol. The predicted molar refractivity (Wildman–Crippen MR) is 78.7 cm³/mol. The fourth-order valence-corrected chi connectivity index (χ4v) is 3.75. The van der Waals surface area contributed by atoms with Crippen LogP contribution in [0.15, 0.2) is 0 Å². The van der Waals surface area contributed by atoms with E-state index in [1.807, 2.05) is 0 Å². The first-order valence-electron chi connectivity index (χ1n) is 8.16. The molecule has 2 N–H and O–H groups in total. The first-order chi connectivity index (χ1) is 9.11. The van der Waals surface area contributed by atoms with Crippen LogP contribution in [-0.2, 0) is 4.79 Å². The third-order valence-electron chi connectivity index (χ3n) is 5.21. The van der Waals surface area contributed by atoms with Crippen molar-refractivity contribution in [3.63, 3.8) is 0 Å². The fraction of sp³-hybridized carbons (Fsp3) is 0.938. The minimum atomic E-state index is 0.248. The molecule has 3 atom stereocenters. The maximum atomic E-state index is 12.6. The van der Waals surface area contributed by atoms with Gasteiger partial charge in [0.15, 0.2) is 0 Å². The van der Waals surface area contributed by atoms with Crippen LogP contribution in [0.3, 0.4) is 0 Å². The van der Waals surface area contributed by atoms with Crippen molar-refractivity contribution >= 4 is 5.91 Å². The van der Waals surface area contributed by atoms with E-state index in [2.05, 4.69) is 18.7 Å². The molecule has 2 fully saturated rings. The normalized spacial score (nSPS) is 33.4. The number of likely N-dealkylation sites (tertiary alicyclic amines) is 1. The van der Waals surface area contributed by atoms with Crippen LogP contribution in [0.2, 0.25) is 0 Å². The zero-order valence-corrected chi connectivity index (χ0v) is 12.6. The summed E-state index contributed by atoms with van der Waals surface area (Å²) in [5.41, 5.74) is 6.05. The van der Waals surface area contributed by atoms with Crippen molar-refractivity contribution < 1.29 is 4.79 Å². The second-order valence-corrected chi connectivity index (χ2v) is 6.71. The first kappa shape index (κ1) is 14.8. The second-order valence-electron chi connectivity index (χ2n) is 6.71. The molecule has 2 aliphatic rings. The Morgan fingerprint density at radius 1 is 1.21 bits per heavy atom. The van der Waals surface area contributed by atoms with Crippen LogP contribution >= 0.6 is 0 Å². The number of rotatable bonds is 3. The van der Waals surface area contributed by atoms with Crippen LogP contribution in [0.4, 0.5) is 0 Å². The molecule has 3 unspecified atom stereocenters. The SMILES string of the molecule is CCCC1CCN(C(=O)C2CCC(N)C(C)C2)CC1. The van der Waals surface area contributed by atoms with Gasteiger partial charge in [-0.05, 0) is 43.9 Å². The van der Waals surface area contributed by atoms with E-state index in [-0.39, 0.29) is 5.92 Å². The number of nitrogens with zero attached hydrogens (tertiary/aromatic N) is 1. The summed E-state index contributed by atoms with van der Waals surface area (Å²) in [4.78, 5) is 14.7. The molecule has 0 spiro atoms. The van der Waals surface area contributed by atoms with E-state index in [4.69, 9.17) is 5.73 Å². The third kappa shape index (κ3) is 3.71. The molecule has 1 amide bonds. The van der Waals surface area contributed by atoms with Gasteiger partial charge in [-0.2, -0.15) is 0 Å². The molecule has 3 nitrogen and oxygen atoms in total. The van der Waals surface area contributed by atoms with Crippen molar-refractivity contribution in [1.82, 2.24) is 4.90 Å². The minimum Gasteiger partial charge on any atom is -0.342 e. The largest absolute Gasteiger partial charge is 0.342 e. The third-order valence-corrected chi connectivity index (χ3v) is 5.21. The Morgan fingerprint density at radius 3 is 2.47 bits per heavy atom. The molecule has 0 aromatic heterocycles. The molecule has 0 aromatic rings. The van der Waals surface area contributed by atoms with Crippen LogP contribution in [-0.4, -0.2) is 29.9 Å². The maximum absolute atomic E-state index is 12.6. The topological polar surface area (TPSA) is 46.3 Å². The molecule has 1 aliphatic carbocycles. The molecule has 0 radical (unpaired) electrons. The second kappa shape index (κ2) is 6.74. The molecule has 3 heteroatoms. The van der Waals surface area contributed by atoms with Gasteiger partial charge in [-0.3, -0.25) is 4.79 Å². The van der Waals surface area contributed by atoms with Crippen molar-refractivity contribution in [3.8, 4) is 0 Å². The highest BCUT2D eigenvalue weighted by Gasteiger charge is 2.33. The van der Waals surface area contributed by atoms with Crippen molar-refractivity contribution in [2.75, 3.05) is 13.1 Å². The number of carbonyl (C=O) groups is 1. The van der Waals surface area contributed by atoms with E-state index in [1.54, 1.807) is 0 Å². The van der Waals surface area contributed by atoms with Gasteiger partial charge in [-0.25, -0.2) is 0 Å². The zero-order chi connectivity index (χ0) is 13.8. The Morgan fingerprint density at radius 2 is 1.89 bits per heavy atom. The molecule has 2 rings (SSSR count). The summed E-state index contributed by atoms with van der Waals surface area (Å²) in [5.74, 6) is 2.01. The highest BCUT2D eigenvalue weighted by Crippen LogP contribution is 2.31. The van der Waals surface area contributed by atoms with E-state index < -0.39 is 0 Å². The molecule has 1 saturated carbocycles. The Balaban J connectivity index is 1.81. The monoisotopic (exact) mass is 266 g/mol. The smallest absolute Gasteiger partial charge is 0.225 e. The van der Waals surface area contributed by atoms with Crippen molar-refractivity contribution in [2.45, 2.75) is 64.8 Å². The van der Waals surface area contributed by atoms with Gasteiger partial charge < -0.3 is 10.6 Å². The number of hydrogen-bond donors (Lipinski definition) is 1. The summed E-state index contributed by atoms with van der Waals surface area (Å²) < 4.78 is 0. The molecule has 1 aliphatic heterocycles. The van der Waals surface area contributed by atoms with Gasteiger partial charge in [0.1, 0.15) is 0 Å². The number of carbonyl (C=O) groups excluding carboxylic acids is 1. The molecule has 1 heterocycles. The highest BCUT2D eigenvalue weighted by atomic mass is 16.2. The molecule has 1 saturated heterocycles. The summed E-state index contributed by atoms with van der Waals surface area (Å²) in [6, 6.07) is 0.305. The van der Waals surface area contributed by atoms with Gasteiger partial charge in [0, 0.05) is 25.0 Å². The molecular formula is C16H30N2O. The van der Waals surface area contributed by atoms with Crippen molar-refractivity contribution in [1.29, 1.82) is 0 Å². The van der Waals surface area contributed by atoms with Gasteiger partial charge in [-0.1, -0.05) is 26.7 Å². The predicted octanol–water partition coefficient (Wildman–Crippen LogP) is 2.79. The van der Waals surface area contributed by atoms with E-state index >= 15 is 0 Å². The zero-order valence-electron chi connectivity index (χ0n) is 12.6. The molecule has 19 heavy (non-hydrogen) atoms. The Labute approximate surface area is 117 Å². The van der Waals surface area contributed by atoms with Crippen LogP contribution in [0.25, 0.3) is 0 Å². The fourth-order valence-electron chi connectivity index (χ4n) is 3.75. The number of hydrogen-bond acceptors (Lipinski definition) is 2. The summed E-state index contributed by atoms with van der Waals surface area (Å²) in [6.07, 6.45) is 8.04.